The molecule has 0 aromatic rings. The fourth-order valence-corrected chi connectivity index (χ4v) is 5.90. The van der Waals surface area contributed by atoms with Crippen molar-refractivity contribution in [2.45, 2.75) is 207 Å². The lowest BCUT2D eigenvalue weighted by molar-refractivity contribution is -0.155. The zero-order chi connectivity index (χ0) is 89.6. The molecule has 0 bridgehead atoms. The first-order valence-electron chi connectivity index (χ1n) is 33.5. The molecule has 0 N–H and O–H groups in total. The molecule has 0 spiro atoms. The Kier molecular flexibility index (Phi) is 77.5. The molecule has 0 amide bonds. The summed E-state index contributed by atoms with van der Waals surface area (Å²) in [7, 11) is 0. The second kappa shape index (κ2) is 71.4. The first-order chi connectivity index (χ1) is 51.2. The van der Waals surface area contributed by atoms with E-state index in [1.54, 1.807) is 118 Å². The standard InChI is InChI=1S/4C10H15BrO4.C10H15BrO3.C9H13BrO4.2C8H11BrO3/c2*1-6(2)9(12)14-5-7(3)15-10(13)8(4)11;1-7(2)9(12)14-5-4-6-15-10(13)8(3)11;1-3-9(12)14-6-4-5-7-15-10(13)8(2)11;1-6(2)9(13)14-7(3)8(12)10(4,5)11;1-6(2)8(11)13-4-5-14-9(12)7(3)10;2*1-5(2)8(11)12-4-7(10)6(3)9/h2*7-8H,1,5H2,2-4H3;8H,1,4-6H2,2-3H3;3,8H,1,4-7H2,2H3;7H,1H2,2-5H3;7H,1,4-5H2,2-3H3;2*6H,1,4H2,2-3H3. The topological polar surface area (TPSA) is 393 Å². The van der Waals surface area contributed by atoms with Crippen LogP contribution in [0.5, 0.6) is 0 Å². The smallest absolute Gasteiger partial charge is 0.333 e. The van der Waals surface area contributed by atoms with E-state index >= 15 is 0 Å². The predicted molar refractivity (Wildman–Crippen MR) is 451 cm³/mol. The van der Waals surface area contributed by atoms with Crippen molar-refractivity contribution in [1.29, 1.82) is 0 Å². The molecule has 0 aromatic carbocycles. The van der Waals surface area contributed by atoms with Gasteiger partial charge in [0.1, 0.15) is 62.8 Å². The first-order valence-corrected chi connectivity index (χ1v) is 40.7. The average molecular weight is 2110 g/mol. The van der Waals surface area contributed by atoms with Crippen LogP contribution in [0.3, 0.4) is 0 Å². The number of Topliss-reactive ketones (excluding diaryl/α,β-unsaturated/α-hetero) is 3. The Morgan fingerprint density at radius 1 is 0.312 bits per heavy atom. The summed E-state index contributed by atoms with van der Waals surface area (Å²) < 4.78 is 61.7. The SMILES string of the molecule is C=C(C)C(=O)OC(C)C(=O)C(C)(C)Br.C=C(C)C(=O)OCC(=O)C(C)Br.C=C(C)C(=O)OCC(=O)C(C)Br.C=C(C)C(=O)OCC(C)OC(=O)C(C)Br.C=C(C)C(=O)OCC(C)OC(=O)C(C)Br.C=C(C)C(=O)OCCCOC(=O)C(C)Br.C=C(C)C(=O)OCCOC(=O)C(C)Br.C=CC(=O)OCCCCOC(=O)C(C)Br. The minimum atomic E-state index is -0.756. The van der Waals surface area contributed by atoms with E-state index in [9.17, 15) is 76.7 Å². The number of halogens is 8. The van der Waals surface area contributed by atoms with Crippen LogP contribution in [-0.2, 0) is 138 Å². The molecule has 0 aliphatic heterocycles. The van der Waals surface area contributed by atoms with E-state index in [2.05, 4.69) is 190 Å². The largest absolute Gasteiger partial charge is 0.465 e. The maximum atomic E-state index is 11.6. The zero-order valence-corrected chi connectivity index (χ0v) is 79.8. The summed E-state index contributed by atoms with van der Waals surface area (Å²) in [5.74, 6) is -6.13. The molecule has 0 aromatic heterocycles. The summed E-state index contributed by atoms with van der Waals surface area (Å²) in [5, 5.41) is 0. The van der Waals surface area contributed by atoms with Crippen LogP contribution in [0.4, 0.5) is 0 Å². The predicted octanol–water partition coefficient (Wildman–Crippen LogP) is 13.9. The van der Waals surface area contributed by atoms with Gasteiger partial charge < -0.3 is 61.6 Å². The number of carbonyl (C=O) groups is 16. The van der Waals surface area contributed by atoms with Crippen molar-refractivity contribution in [3.05, 3.63) is 97.7 Å². The van der Waals surface area contributed by atoms with E-state index in [0.717, 1.165) is 6.08 Å². The zero-order valence-electron chi connectivity index (χ0n) is 67.1. The third-order valence-corrected chi connectivity index (χ3v) is 14.2. The van der Waals surface area contributed by atoms with E-state index < -0.39 is 70.4 Å². The number of carbonyl (C=O) groups excluding carboxylic acids is 16. The maximum Gasteiger partial charge on any atom is 0.333 e. The van der Waals surface area contributed by atoms with Gasteiger partial charge >= 0.3 is 77.6 Å². The third-order valence-electron chi connectivity index (χ3n) is 10.9. The Morgan fingerprint density at radius 3 is 0.821 bits per heavy atom. The number of hydrogen-bond donors (Lipinski definition) is 0. The van der Waals surface area contributed by atoms with Gasteiger partial charge in [-0.2, -0.15) is 0 Å². The van der Waals surface area contributed by atoms with Crippen LogP contribution < -0.4 is 0 Å². The van der Waals surface area contributed by atoms with Crippen molar-refractivity contribution in [2.75, 3.05) is 66.1 Å². The van der Waals surface area contributed by atoms with Gasteiger partial charge in [0.25, 0.3) is 0 Å². The van der Waals surface area contributed by atoms with E-state index in [4.69, 9.17) is 52.1 Å². The summed E-state index contributed by atoms with van der Waals surface area (Å²) in [6.45, 7) is 59.0. The van der Waals surface area contributed by atoms with Gasteiger partial charge in [-0.25, -0.2) is 38.4 Å². The highest BCUT2D eigenvalue weighted by Gasteiger charge is 2.31. The number of ether oxygens (including phenoxy) is 13. The molecule has 0 saturated carbocycles. The average Bonchev–Trinajstić information content (AvgIpc) is 0.875. The van der Waals surface area contributed by atoms with E-state index in [1.165, 1.54) is 13.8 Å². The van der Waals surface area contributed by atoms with Gasteiger partial charge in [0.2, 0.25) is 0 Å². The molecule has 10 unspecified atom stereocenters. The number of esters is 13. The van der Waals surface area contributed by atoms with Gasteiger partial charge in [-0.15, -0.1) is 0 Å². The molecule has 0 aliphatic carbocycles. The van der Waals surface area contributed by atoms with Crippen molar-refractivity contribution in [1.82, 2.24) is 0 Å². The summed E-state index contributed by atoms with van der Waals surface area (Å²) >= 11 is 24.7. The molecule has 0 heterocycles. The number of rotatable bonds is 40. The molecule has 37 heteroatoms. The molecular formula is C75H110Br8O29. The maximum absolute atomic E-state index is 11.6. The lowest BCUT2D eigenvalue weighted by Gasteiger charge is -2.20. The van der Waals surface area contributed by atoms with Crippen LogP contribution in [0.2, 0.25) is 0 Å². The van der Waals surface area contributed by atoms with Crippen molar-refractivity contribution in [3.8, 4) is 0 Å². The molecule has 0 rings (SSSR count). The van der Waals surface area contributed by atoms with Crippen LogP contribution in [0, 0.1) is 0 Å². The second-order valence-electron chi connectivity index (χ2n) is 23.6. The number of hydrogen-bond acceptors (Lipinski definition) is 29. The Hall–Kier alpha value is -6.12. The van der Waals surface area contributed by atoms with Gasteiger partial charge in [0.15, 0.2) is 36.7 Å². The molecule has 0 radical (unpaired) electrons. The van der Waals surface area contributed by atoms with Crippen molar-refractivity contribution < 1.29 is 138 Å². The van der Waals surface area contributed by atoms with Crippen molar-refractivity contribution in [2.24, 2.45) is 0 Å². The molecule has 640 valence electrons. The summed E-state index contributed by atoms with van der Waals surface area (Å²) in [6.07, 6.45) is 1.28. The highest BCUT2D eigenvalue weighted by molar-refractivity contribution is 9.11. The molecule has 112 heavy (non-hydrogen) atoms. The molecule has 29 nitrogen and oxygen atoms in total. The second-order valence-corrected chi connectivity index (χ2v) is 35.2. The quantitative estimate of drug-likeness (QED) is 0.0181. The van der Waals surface area contributed by atoms with Crippen molar-refractivity contribution >= 4 is 222 Å². The van der Waals surface area contributed by atoms with Crippen LogP contribution in [0.15, 0.2) is 97.7 Å². The van der Waals surface area contributed by atoms with Gasteiger partial charge in [-0.3, -0.25) is 38.4 Å². The van der Waals surface area contributed by atoms with E-state index in [1.807, 2.05) is 0 Å². The first kappa shape index (κ1) is 122. The minimum absolute atomic E-state index is 0.0388. The Balaban J connectivity index is -0.000000184. The fraction of sp³-hybridized carbons (Fsp3) is 0.573. The normalized spacial score (nSPS) is 12.5. The highest BCUT2D eigenvalue weighted by atomic mass is 79.9. The lowest BCUT2D eigenvalue weighted by atomic mass is 10.1. The molecule has 0 saturated heterocycles. The Bertz CT molecular complexity index is 3020. The van der Waals surface area contributed by atoms with Crippen LogP contribution in [0.25, 0.3) is 0 Å². The lowest BCUT2D eigenvalue weighted by Crippen LogP contribution is -2.36. The minimum Gasteiger partial charge on any atom is -0.465 e. The van der Waals surface area contributed by atoms with E-state index in [0.29, 0.717) is 65.9 Å². The van der Waals surface area contributed by atoms with Gasteiger partial charge in [0, 0.05) is 51.5 Å². The van der Waals surface area contributed by atoms with Crippen LogP contribution >= 0.6 is 127 Å². The third kappa shape index (κ3) is 79.1. The molecular weight excluding hydrogens is 2000 g/mol. The Morgan fingerprint density at radius 2 is 0.554 bits per heavy atom. The van der Waals surface area contributed by atoms with Crippen molar-refractivity contribution in [3.63, 3.8) is 0 Å². The van der Waals surface area contributed by atoms with Gasteiger partial charge in [-0.05, 0) is 144 Å². The number of alkyl halides is 8. The number of unbranched alkanes of at least 4 members (excludes halogenated alkanes) is 1. The van der Waals surface area contributed by atoms with Gasteiger partial charge in [0.05, 0.1) is 40.4 Å². The molecule has 0 fully saturated rings. The van der Waals surface area contributed by atoms with E-state index in [-0.39, 0.29) is 139 Å². The molecule has 10 atom stereocenters. The monoisotopic (exact) mass is 2110 g/mol. The summed E-state index contributed by atoms with van der Waals surface area (Å²) in [6, 6.07) is 0. The van der Waals surface area contributed by atoms with Crippen LogP contribution in [0.1, 0.15) is 151 Å². The van der Waals surface area contributed by atoms with Crippen LogP contribution in [-0.4, -0.2) is 217 Å². The van der Waals surface area contributed by atoms with Gasteiger partial charge in [-0.1, -0.05) is 180 Å². The Labute approximate surface area is 725 Å². The fourth-order valence-electron chi connectivity index (χ4n) is 4.70. The number of ketones is 3. The molecule has 0 aliphatic rings. The summed E-state index contributed by atoms with van der Waals surface area (Å²) in [4.78, 5) is 173. The highest BCUT2D eigenvalue weighted by Crippen LogP contribution is 2.20. The summed E-state index contributed by atoms with van der Waals surface area (Å²) in [5.41, 5.74) is 2.21.